The molecule has 0 amide bonds. The van der Waals surface area contributed by atoms with Gasteiger partial charge in [0.05, 0.1) is 0 Å². The Morgan fingerprint density at radius 2 is 0.714 bits per heavy atom. The molecule has 6 bridgehead atoms. The first kappa shape index (κ1) is 28.3. The molecule has 0 spiro atoms. The SMILES string of the molecule is C1=CC2=C(c3ccccc3)c3ccc4[n]3[SnH2][n]3c(ccc3=C(c3ccccc3)C3=NC(=C4c4ccccc4)C=C3)=C(c3ccccc3)C1=N2. The molecule has 0 saturated heterocycles. The summed E-state index contributed by atoms with van der Waals surface area (Å²) < 4.78 is 5.37. The molecule has 4 aromatic carbocycles. The van der Waals surface area contributed by atoms with Gasteiger partial charge in [-0.2, -0.15) is 0 Å². The van der Waals surface area contributed by atoms with Gasteiger partial charge in [-0.05, 0) is 0 Å². The predicted molar refractivity (Wildman–Crippen MR) is 203 cm³/mol. The van der Waals surface area contributed by atoms with E-state index in [1.165, 1.54) is 22.1 Å². The zero-order chi connectivity index (χ0) is 32.3. The Morgan fingerprint density at radius 3 is 1.10 bits per heavy atom. The van der Waals surface area contributed by atoms with E-state index in [0.717, 1.165) is 67.4 Å². The zero-order valence-electron chi connectivity index (χ0n) is 26.7. The van der Waals surface area contributed by atoms with Gasteiger partial charge in [0.2, 0.25) is 0 Å². The standard InChI is InChI=1S/C44H28N4.Sn.2H/c1-5-13-29(14-6-1)41-33-21-23-35(45-33)42(30-15-7-2-8-16-30)37-25-27-39(47-37)44(32-19-11-4-12-20-32)40-28-26-38(48-40)43(31-17-9-3-10-18-31)36-24-22-34(41)46-36;;;/h1-28H;;;/q-2;+2;;. The van der Waals surface area contributed by atoms with Crippen molar-refractivity contribution in [3.8, 4) is 0 Å². The van der Waals surface area contributed by atoms with Crippen molar-refractivity contribution in [1.29, 1.82) is 0 Å². The van der Waals surface area contributed by atoms with Gasteiger partial charge in [-0.25, -0.2) is 0 Å². The van der Waals surface area contributed by atoms with Crippen molar-refractivity contribution in [3.63, 3.8) is 0 Å². The molecule has 2 aromatic heterocycles. The number of rotatable bonds is 4. The molecule has 0 radical (unpaired) electrons. The Balaban J connectivity index is 1.43. The van der Waals surface area contributed by atoms with E-state index in [1.807, 2.05) is 0 Å². The van der Waals surface area contributed by atoms with Crippen molar-refractivity contribution >= 4 is 55.4 Å². The van der Waals surface area contributed by atoms with Gasteiger partial charge in [0, 0.05) is 0 Å². The summed E-state index contributed by atoms with van der Waals surface area (Å²) in [7, 11) is 0. The van der Waals surface area contributed by atoms with Gasteiger partial charge in [0.1, 0.15) is 0 Å². The van der Waals surface area contributed by atoms with Crippen LogP contribution in [0.2, 0.25) is 0 Å². The molecule has 49 heavy (non-hydrogen) atoms. The van der Waals surface area contributed by atoms with E-state index < -0.39 is 21.7 Å². The van der Waals surface area contributed by atoms with Crippen LogP contribution in [0.3, 0.4) is 0 Å². The van der Waals surface area contributed by atoms with Gasteiger partial charge in [-0.3, -0.25) is 0 Å². The fraction of sp³-hybridized carbons (Fsp3) is 0. The molecule has 0 atom stereocenters. The maximum absolute atomic E-state index is 5.45. The minimum absolute atomic E-state index is 0.991. The number of aromatic nitrogens is 2. The second kappa shape index (κ2) is 11.5. The molecule has 10 rings (SSSR count). The maximum atomic E-state index is 5.45. The second-order valence-electron chi connectivity index (χ2n) is 12.6. The van der Waals surface area contributed by atoms with Gasteiger partial charge in [0.25, 0.3) is 0 Å². The number of allylic oxidation sites excluding steroid dienone is 4. The van der Waals surface area contributed by atoms with Gasteiger partial charge in [-0.1, -0.05) is 0 Å². The number of nitrogens with zero attached hydrogens (tertiary/aromatic N) is 4. The Kier molecular flexibility index (Phi) is 6.62. The molecular formula is C44H30N4Sn. The molecular weight excluding hydrogens is 703 g/mol. The van der Waals surface area contributed by atoms with E-state index in [9.17, 15) is 0 Å². The molecule has 230 valence electrons. The van der Waals surface area contributed by atoms with E-state index in [0.29, 0.717) is 0 Å². The summed E-state index contributed by atoms with van der Waals surface area (Å²) in [4.78, 5) is 10.9. The monoisotopic (exact) mass is 734 g/mol. The summed E-state index contributed by atoms with van der Waals surface area (Å²) in [5.74, 6) is 0. The van der Waals surface area contributed by atoms with E-state index in [1.54, 1.807) is 0 Å². The van der Waals surface area contributed by atoms with Gasteiger partial charge in [0.15, 0.2) is 0 Å². The molecule has 0 N–H and O–H groups in total. The van der Waals surface area contributed by atoms with Crippen LogP contribution in [-0.4, -0.2) is 38.7 Å². The average Bonchev–Trinajstić information content (AvgIpc) is 3.98. The summed E-state index contributed by atoms with van der Waals surface area (Å²) in [6.07, 6.45) is 8.83. The number of hydrogen-bond donors (Lipinski definition) is 0. The molecule has 4 nitrogen and oxygen atoms in total. The molecule has 0 unspecified atom stereocenters. The van der Waals surface area contributed by atoms with E-state index in [2.05, 4.69) is 175 Å². The van der Waals surface area contributed by atoms with Crippen molar-refractivity contribution in [3.05, 3.63) is 226 Å². The summed E-state index contributed by atoms with van der Waals surface area (Å²) in [5, 5.41) is 2.41. The van der Waals surface area contributed by atoms with Gasteiger partial charge >= 0.3 is 297 Å². The van der Waals surface area contributed by atoms with Crippen LogP contribution in [0.5, 0.6) is 0 Å². The Morgan fingerprint density at radius 1 is 0.347 bits per heavy atom. The van der Waals surface area contributed by atoms with Crippen LogP contribution in [0, 0.1) is 0 Å². The van der Waals surface area contributed by atoms with Gasteiger partial charge in [-0.15, -0.1) is 0 Å². The first-order chi connectivity index (χ1) is 24.3. The van der Waals surface area contributed by atoms with E-state index in [4.69, 9.17) is 9.98 Å². The predicted octanol–water partition coefficient (Wildman–Crippen LogP) is 6.65. The Hall–Kier alpha value is -5.72. The summed E-state index contributed by atoms with van der Waals surface area (Å²) in [5.41, 5.74) is 15.7. The van der Waals surface area contributed by atoms with Crippen molar-refractivity contribution < 1.29 is 0 Å². The number of fused-ring (bicyclic) bond motifs is 2. The van der Waals surface area contributed by atoms with E-state index >= 15 is 0 Å². The number of benzene rings is 4. The summed E-state index contributed by atoms with van der Waals surface area (Å²) in [6, 6.07) is 52.4. The zero-order valence-corrected chi connectivity index (χ0v) is 30.7. The normalized spacial score (nSPS) is 16.4. The molecule has 6 heterocycles. The second-order valence-corrected chi connectivity index (χ2v) is 17.0. The molecule has 0 aliphatic carbocycles. The molecule has 4 aliphatic rings. The quantitative estimate of drug-likeness (QED) is 0.182. The summed E-state index contributed by atoms with van der Waals surface area (Å²) >= 11 is -2.25. The van der Waals surface area contributed by atoms with Crippen LogP contribution in [0.25, 0.3) is 22.3 Å². The van der Waals surface area contributed by atoms with Gasteiger partial charge < -0.3 is 0 Å². The Bertz CT molecular complexity index is 2450. The molecule has 6 aromatic rings. The number of aliphatic imine (C=N–C) groups is 2. The van der Waals surface area contributed by atoms with E-state index in [-0.39, 0.29) is 0 Å². The third-order valence-corrected chi connectivity index (χ3v) is 15.3. The van der Waals surface area contributed by atoms with Crippen LogP contribution < -0.4 is 10.7 Å². The minimum atomic E-state index is -2.25. The first-order valence-electron chi connectivity index (χ1n) is 16.7. The first-order valence-corrected chi connectivity index (χ1v) is 20.3. The van der Waals surface area contributed by atoms with Crippen molar-refractivity contribution in [1.82, 2.24) is 5.58 Å². The molecule has 4 aliphatic heterocycles. The summed E-state index contributed by atoms with van der Waals surface area (Å²) in [6.45, 7) is 0. The number of hydrogen-bond acceptors (Lipinski definition) is 2. The van der Waals surface area contributed by atoms with Crippen molar-refractivity contribution in [2.24, 2.45) is 9.98 Å². The fourth-order valence-electron chi connectivity index (χ4n) is 7.66. The van der Waals surface area contributed by atoms with Crippen LogP contribution in [-0.2, 0) is 0 Å². The van der Waals surface area contributed by atoms with Crippen LogP contribution >= 0.6 is 0 Å². The van der Waals surface area contributed by atoms with Crippen molar-refractivity contribution in [2.75, 3.05) is 0 Å². The van der Waals surface area contributed by atoms with Crippen molar-refractivity contribution in [2.45, 2.75) is 0 Å². The fourth-order valence-corrected chi connectivity index (χ4v) is 13.2. The average molecular weight is 733 g/mol. The molecule has 0 saturated carbocycles. The molecule has 0 fully saturated rings. The molecule has 5 heteroatoms. The third kappa shape index (κ3) is 4.59. The van der Waals surface area contributed by atoms with Crippen LogP contribution in [0.1, 0.15) is 33.6 Å². The third-order valence-electron chi connectivity index (χ3n) is 9.82. The topological polar surface area (TPSA) is 34.6 Å². The van der Waals surface area contributed by atoms with Crippen LogP contribution in [0.15, 0.2) is 191 Å². The van der Waals surface area contributed by atoms with Crippen LogP contribution in [0.4, 0.5) is 0 Å². The Labute approximate surface area is 295 Å².